The van der Waals surface area contributed by atoms with E-state index >= 15 is 0 Å². The van der Waals surface area contributed by atoms with Gasteiger partial charge in [0.05, 0.1) is 6.10 Å². The van der Waals surface area contributed by atoms with Gasteiger partial charge in [0, 0.05) is 45.4 Å². The van der Waals surface area contributed by atoms with Crippen LogP contribution in [-0.2, 0) is 9.47 Å². The molecule has 0 heterocycles. The Balaban J connectivity index is 0.00000242. The minimum absolute atomic E-state index is 0. The van der Waals surface area contributed by atoms with E-state index in [-0.39, 0.29) is 24.0 Å². The molecule has 5 nitrogen and oxygen atoms in total. The van der Waals surface area contributed by atoms with Crippen molar-refractivity contribution < 1.29 is 9.47 Å². The largest absolute Gasteiger partial charge is 0.385 e. The van der Waals surface area contributed by atoms with E-state index < -0.39 is 0 Å². The molecule has 2 saturated carbocycles. The Hall–Kier alpha value is -0.0800. The minimum Gasteiger partial charge on any atom is -0.385 e. The second kappa shape index (κ2) is 9.93. The van der Waals surface area contributed by atoms with Crippen molar-refractivity contribution in [3.05, 3.63) is 0 Å². The molecule has 0 aromatic heterocycles. The van der Waals surface area contributed by atoms with Crippen LogP contribution in [0.15, 0.2) is 4.99 Å². The van der Waals surface area contributed by atoms with Crippen molar-refractivity contribution in [2.75, 3.05) is 33.9 Å². The summed E-state index contributed by atoms with van der Waals surface area (Å²) in [6.45, 7) is 4.59. The highest BCUT2D eigenvalue weighted by atomic mass is 127. The van der Waals surface area contributed by atoms with E-state index in [0.29, 0.717) is 17.6 Å². The summed E-state index contributed by atoms with van der Waals surface area (Å²) in [5.74, 6) is 0.914. The average Bonchev–Trinajstić information content (AvgIpc) is 3.01. The molecule has 1 spiro atoms. The van der Waals surface area contributed by atoms with Gasteiger partial charge in [-0.1, -0.05) is 12.8 Å². The molecule has 2 unspecified atom stereocenters. The van der Waals surface area contributed by atoms with Gasteiger partial charge >= 0.3 is 0 Å². The molecule has 2 N–H and O–H groups in total. The van der Waals surface area contributed by atoms with Gasteiger partial charge in [-0.3, -0.25) is 4.99 Å². The lowest BCUT2D eigenvalue weighted by Crippen LogP contribution is -2.65. The first-order valence-corrected chi connectivity index (χ1v) is 8.34. The molecular weight excluding hydrogens is 393 g/mol. The molecule has 6 heteroatoms. The quantitative estimate of drug-likeness (QED) is 0.285. The molecule has 130 valence electrons. The van der Waals surface area contributed by atoms with E-state index in [1.165, 1.54) is 25.7 Å². The highest BCUT2D eigenvalue weighted by Crippen LogP contribution is 2.54. The molecule has 0 aromatic carbocycles. The van der Waals surface area contributed by atoms with Crippen LogP contribution in [0.1, 0.15) is 45.4 Å². The maximum Gasteiger partial charge on any atom is 0.191 e. The third kappa shape index (κ3) is 4.47. The number of hydrogen-bond acceptors (Lipinski definition) is 3. The van der Waals surface area contributed by atoms with Crippen molar-refractivity contribution >= 4 is 29.9 Å². The van der Waals surface area contributed by atoms with Crippen LogP contribution in [-0.4, -0.2) is 52.0 Å². The number of guanidine groups is 1. The Morgan fingerprint density at radius 3 is 2.64 bits per heavy atom. The molecular formula is C16H32IN3O2. The highest BCUT2D eigenvalue weighted by Gasteiger charge is 2.56. The van der Waals surface area contributed by atoms with Gasteiger partial charge < -0.3 is 20.1 Å². The molecule has 0 amide bonds. The molecule has 0 aliphatic heterocycles. The van der Waals surface area contributed by atoms with Crippen LogP contribution in [0.3, 0.4) is 0 Å². The summed E-state index contributed by atoms with van der Waals surface area (Å²) >= 11 is 0. The number of aliphatic imine (C=N–C) groups is 1. The Morgan fingerprint density at radius 2 is 2.05 bits per heavy atom. The summed E-state index contributed by atoms with van der Waals surface area (Å²) in [5, 5.41) is 6.99. The van der Waals surface area contributed by atoms with Crippen LogP contribution < -0.4 is 10.6 Å². The molecule has 2 aliphatic rings. The second-order valence-electron chi connectivity index (χ2n) is 6.16. The van der Waals surface area contributed by atoms with E-state index in [0.717, 1.165) is 38.6 Å². The van der Waals surface area contributed by atoms with E-state index in [2.05, 4.69) is 22.5 Å². The number of hydrogen-bond donors (Lipinski definition) is 2. The standard InChI is InChI=1S/C16H31N3O2.HI/c1-4-21-14-12-13(16(14)8-5-6-9-16)19-15(17-2)18-10-7-11-20-3;/h13-14H,4-12H2,1-3H3,(H2,17,18,19);1H. The topological polar surface area (TPSA) is 54.9 Å². The first-order valence-electron chi connectivity index (χ1n) is 8.34. The van der Waals surface area contributed by atoms with Crippen LogP contribution in [0.2, 0.25) is 0 Å². The van der Waals surface area contributed by atoms with E-state index in [4.69, 9.17) is 9.47 Å². The Bertz CT molecular complexity index is 346. The van der Waals surface area contributed by atoms with Gasteiger partial charge in [-0.15, -0.1) is 24.0 Å². The molecule has 2 fully saturated rings. The van der Waals surface area contributed by atoms with Gasteiger partial charge in [-0.25, -0.2) is 0 Å². The van der Waals surface area contributed by atoms with Crippen molar-refractivity contribution in [3.63, 3.8) is 0 Å². The summed E-state index contributed by atoms with van der Waals surface area (Å²) in [6, 6.07) is 0.505. The minimum atomic E-state index is 0. The van der Waals surface area contributed by atoms with Gasteiger partial charge in [0.15, 0.2) is 5.96 Å². The first kappa shape index (κ1) is 20.0. The monoisotopic (exact) mass is 425 g/mol. The van der Waals surface area contributed by atoms with Crippen molar-refractivity contribution in [1.29, 1.82) is 0 Å². The van der Waals surface area contributed by atoms with Gasteiger partial charge in [-0.2, -0.15) is 0 Å². The number of nitrogens with one attached hydrogen (secondary N) is 2. The zero-order valence-corrected chi connectivity index (χ0v) is 16.5. The first-order chi connectivity index (χ1) is 10.3. The lowest BCUT2D eigenvalue weighted by molar-refractivity contribution is -0.125. The summed E-state index contributed by atoms with van der Waals surface area (Å²) in [7, 11) is 3.57. The third-order valence-corrected chi connectivity index (χ3v) is 5.04. The van der Waals surface area contributed by atoms with E-state index in [1.807, 2.05) is 7.05 Å². The number of ether oxygens (including phenoxy) is 2. The van der Waals surface area contributed by atoms with Crippen LogP contribution >= 0.6 is 24.0 Å². The maximum absolute atomic E-state index is 5.96. The molecule has 2 aliphatic carbocycles. The normalized spacial score (nSPS) is 26.4. The van der Waals surface area contributed by atoms with Crippen LogP contribution in [0.25, 0.3) is 0 Å². The van der Waals surface area contributed by atoms with E-state index in [9.17, 15) is 0 Å². The Morgan fingerprint density at radius 1 is 1.32 bits per heavy atom. The Kier molecular flexibility index (Phi) is 9.01. The lowest BCUT2D eigenvalue weighted by atomic mass is 9.60. The molecule has 0 bridgehead atoms. The smallest absolute Gasteiger partial charge is 0.191 e. The highest BCUT2D eigenvalue weighted by molar-refractivity contribution is 14.0. The maximum atomic E-state index is 5.96. The number of nitrogens with zero attached hydrogens (tertiary/aromatic N) is 1. The molecule has 0 saturated heterocycles. The zero-order chi connectivity index (χ0) is 15.1. The lowest BCUT2D eigenvalue weighted by Gasteiger charge is -2.54. The van der Waals surface area contributed by atoms with Crippen molar-refractivity contribution in [3.8, 4) is 0 Å². The molecule has 22 heavy (non-hydrogen) atoms. The fourth-order valence-electron chi connectivity index (χ4n) is 3.87. The Labute approximate surface area is 152 Å². The van der Waals surface area contributed by atoms with Crippen LogP contribution in [0, 0.1) is 5.41 Å². The number of rotatable bonds is 7. The van der Waals surface area contributed by atoms with Gasteiger partial charge in [-0.05, 0) is 32.6 Å². The number of halogens is 1. The predicted octanol–water partition coefficient (Wildman–Crippen LogP) is 2.54. The van der Waals surface area contributed by atoms with Gasteiger partial charge in [0.25, 0.3) is 0 Å². The van der Waals surface area contributed by atoms with E-state index in [1.54, 1.807) is 7.11 Å². The zero-order valence-electron chi connectivity index (χ0n) is 14.2. The molecule has 2 rings (SSSR count). The third-order valence-electron chi connectivity index (χ3n) is 5.04. The predicted molar refractivity (Wildman–Crippen MR) is 101 cm³/mol. The summed E-state index contributed by atoms with van der Waals surface area (Å²) in [5.41, 5.74) is 0.347. The van der Waals surface area contributed by atoms with Crippen molar-refractivity contribution in [2.45, 2.75) is 57.6 Å². The van der Waals surface area contributed by atoms with Crippen LogP contribution in [0.5, 0.6) is 0 Å². The average molecular weight is 425 g/mol. The fraction of sp³-hybridized carbons (Fsp3) is 0.938. The van der Waals surface area contributed by atoms with Crippen molar-refractivity contribution in [1.82, 2.24) is 10.6 Å². The fourth-order valence-corrected chi connectivity index (χ4v) is 3.87. The SMILES string of the molecule is CCOC1CC(NC(=NC)NCCCOC)C12CCCC2.I. The second-order valence-corrected chi connectivity index (χ2v) is 6.16. The molecule has 0 aromatic rings. The van der Waals surface area contributed by atoms with Crippen molar-refractivity contribution in [2.24, 2.45) is 10.4 Å². The van der Waals surface area contributed by atoms with Gasteiger partial charge in [0.2, 0.25) is 0 Å². The summed E-state index contributed by atoms with van der Waals surface area (Å²) in [4.78, 5) is 4.35. The van der Waals surface area contributed by atoms with Crippen LogP contribution in [0.4, 0.5) is 0 Å². The summed E-state index contributed by atoms with van der Waals surface area (Å²) < 4.78 is 11.0. The summed E-state index contributed by atoms with van der Waals surface area (Å²) in [6.07, 6.45) is 7.78. The van der Waals surface area contributed by atoms with Gasteiger partial charge in [0.1, 0.15) is 0 Å². The molecule has 0 radical (unpaired) electrons. The molecule has 2 atom stereocenters. The number of methoxy groups -OCH3 is 1.